The van der Waals surface area contributed by atoms with Crippen molar-refractivity contribution in [2.24, 2.45) is 12.8 Å². The lowest BCUT2D eigenvalue weighted by atomic mass is 10.1. The summed E-state index contributed by atoms with van der Waals surface area (Å²) in [5, 5.41) is 3.08. The first-order valence-corrected chi connectivity index (χ1v) is 7.14. The number of nitrogens with two attached hydrogens (primary N) is 1. The minimum atomic E-state index is -0.572. The number of imidazole rings is 1. The number of rotatable bonds is 5. The Bertz CT molecular complexity index is 884. The van der Waals surface area contributed by atoms with Crippen LogP contribution < -0.4 is 11.1 Å². The molecule has 6 nitrogen and oxygen atoms in total. The summed E-state index contributed by atoms with van der Waals surface area (Å²) in [5.74, 6) is -0.362. The summed E-state index contributed by atoms with van der Waals surface area (Å²) >= 11 is 0. The smallest absolute Gasteiger partial charge is 0.284 e. The monoisotopic (exact) mass is 308 g/mol. The van der Waals surface area contributed by atoms with Crippen LogP contribution in [0.5, 0.6) is 0 Å². The van der Waals surface area contributed by atoms with Gasteiger partial charge in [-0.1, -0.05) is 30.3 Å². The number of nitrogens with zero attached hydrogens (tertiary/aromatic N) is 2. The van der Waals surface area contributed by atoms with Gasteiger partial charge in [0.15, 0.2) is 11.6 Å². The summed E-state index contributed by atoms with van der Waals surface area (Å²) < 4.78 is 1.65. The fourth-order valence-corrected chi connectivity index (χ4v) is 2.44. The lowest BCUT2D eigenvalue weighted by Crippen LogP contribution is -2.16. The van der Waals surface area contributed by atoms with Crippen molar-refractivity contribution in [1.82, 2.24) is 9.55 Å². The van der Waals surface area contributed by atoms with Crippen LogP contribution in [0.4, 0.5) is 5.69 Å². The van der Waals surface area contributed by atoms with Crippen molar-refractivity contribution in [1.29, 1.82) is 0 Å². The van der Waals surface area contributed by atoms with Crippen LogP contribution in [0.2, 0.25) is 0 Å². The zero-order valence-corrected chi connectivity index (χ0v) is 12.6. The Morgan fingerprint density at radius 1 is 1.17 bits per heavy atom. The number of hydrogen-bond donors (Lipinski definition) is 2. The molecule has 0 fully saturated rings. The normalized spacial score (nSPS) is 10.7. The van der Waals surface area contributed by atoms with Crippen molar-refractivity contribution in [2.45, 2.75) is 0 Å². The van der Waals surface area contributed by atoms with E-state index in [2.05, 4.69) is 10.3 Å². The highest BCUT2D eigenvalue weighted by molar-refractivity contribution is 5.99. The molecule has 0 aliphatic carbocycles. The maximum atomic E-state index is 12.1. The number of aromatic nitrogens is 2. The zero-order valence-electron chi connectivity index (χ0n) is 12.6. The molecule has 0 saturated heterocycles. The van der Waals surface area contributed by atoms with Gasteiger partial charge in [-0.3, -0.25) is 9.59 Å². The van der Waals surface area contributed by atoms with Crippen LogP contribution in [0.1, 0.15) is 21.0 Å². The summed E-state index contributed by atoms with van der Waals surface area (Å²) in [5.41, 5.74) is 8.17. The molecule has 6 heteroatoms. The highest BCUT2D eigenvalue weighted by Gasteiger charge is 2.12. The lowest BCUT2D eigenvalue weighted by molar-refractivity contribution is 0.0985. The molecule has 0 atom stereocenters. The van der Waals surface area contributed by atoms with E-state index >= 15 is 0 Å². The van der Waals surface area contributed by atoms with E-state index in [1.54, 1.807) is 29.8 Å². The van der Waals surface area contributed by atoms with E-state index in [4.69, 9.17) is 5.73 Å². The second-order valence-corrected chi connectivity index (χ2v) is 5.20. The average molecular weight is 308 g/mol. The molecule has 3 aromatic rings. The van der Waals surface area contributed by atoms with Gasteiger partial charge in [0, 0.05) is 18.3 Å². The lowest BCUT2D eigenvalue weighted by Gasteiger charge is -2.06. The van der Waals surface area contributed by atoms with Gasteiger partial charge in [0.25, 0.3) is 5.91 Å². The Balaban J connectivity index is 1.79. The fourth-order valence-electron chi connectivity index (χ4n) is 2.44. The third kappa shape index (κ3) is 2.91. The molecule has 0 aliphatic heterocycles. The molecule has 23 heavy (non-hydrogen) atoms. The molecular formula is C17H16N4O2. The van der Waals surface area contributed by atoms with E-state index in [1.807, 2.05) is 30.3 Å². The Morgan fingerprint density at radius 2 is 1.91 bits per heavy atom. The molecule has 1 aromatic heterocycles. The van der Waals surface area contributed by atoms with Crippen LogP contribution in [-0.4, -0.2) is 27.8 Å². The third-order valence-corrected chi connectivity index (χ3v) is 3.65. The molecule has 0 saturated carbocycles. The van der Waals surface area contributed by atoms with E-state index < -0.39 is 5.91 Å². The number of aryl methyl sites for hydroxylation is 1. The van der Waals surface area contributed by atoms with Crippen molar-refractivity contribution in [3.05, 3.63) is 59.9 Å². The van der Waals surface area contributed by atoms with Gasteiger partial charge >= 0.3 is 0 Å². The summed E-state index contributed by atoms with van der Waals surface area (Å²) in [6, 6.07) is 14.6. The first-order valence-electron chi connectivity index (χ1n) is 7.14. The van der Waals surface area contributed by atoms with E-state index in [1.165, 1.54) is 0 Å². The first kappa shape index (κ1) is 14.8. The minimum Gasteiger partial charge on any atom is -0.378 e. The van der Waals surface area contributed by atoms with Crippen LogP contribution in [0.25, 0.3) is 11.0 Å². The predicted molar refractivity (Wildman–Crippen MR) is 88.5 cm³/mol. The molecule has 0 radical (unpaired) electrons. The van der Waals surface area contributed by atoms with Gasteiger partial charge in [-0.05, 0) is 18.2 Å². The fraction of sp³-hybridized carbons (Fsp3) is 0.118. The van der Waals surface area contributed by atoms with Gasteiger partial charge in [-0.2, -0.15) is 0 Å². The summed E-state index contributed by atoms with van der Waals surface area (Å²) in [6.07, 6.45) is 0. The van der Waals surface area contributed by atoms with Crippen molar-refractivity contribution >= 4 is 28.4 Å². The van der Waals surface area contributed by atoms with Crippen LogP contribution in [0.15, 0.2) is 48.5 Å². The molecule has 2 aromatic carbocycles. The Kier molecular flexibility index (Phi) is 3.80. The number of anilines is 1. The molecule has 116 valence electrons. The average Bonchev–Trinajstić information content (AvgIpc) is 2.90. The Hall–Kier alpha value is -3.15. The third-order valence-electron chi connectivity index (χ3n) is 3.65. The van der Waals surface area contributed by atoms with E-state index in [0.29, 0.717) is 11.1 Å². The van der Waals surface area contributed by atoms with Gasteiger partial charge in [-0.15, -0.1) is 0 Å². The van der Waals surface area contributed by atoms with Crippen LogP contribution in [0.3, 0.4) is 0 Å². The van der Waals surface area contributed by atoms with Gasteiger partial charge < -0.3 is 15.6 Å². The SMILES string of the molecule is Cn1c(C(N)=O)nc2cc(NCC(=O)c3ccccc3)ccc21. The Labute approximate surface area is 132 Å². The predicted octanol–water partition coefficient (Wildman–Crippen LogP) is 1.97. The number of fused-ring (bicyclic) bond motifs is 1. The molecule has 3 N–H and O–H groups in total. The molecule has 1 heterocycles. The van der Waals surface area contributed by atoms with Crippen molar-refractivity contribution < 1.29 is 9.59 Å². The van der Waals surface area contributed by atoms with E-state index in [-0.39, 0.29) is 18.2 Å². The van der Waals surface area contributed by atoms with Gasteiger partial charge in [0.2, 0.25) is 0 Å². The molecule has 1 amide bonds. The molecular weight excluding hydrogens is 292 g/mol. The van der Waals surface area contributed by atoms with E-state index in [9.17, 15) is 9.59 Å². The number of primary amides is 1. The number of carbonyl (C=O) groups is 2. The largest absolute Gasteiger partial charge is 0.378 e. The second-order valence-electron chi connectivity index (χ2n) is 5.20. The van der Waals surface area contributed by atoms with Crippen molar-refractivity contribution in [3.8, 4) is 0 Å². The molecule has 0 spiro atoms. The van der Waals surface area contributed by atoms with Crippen LogP contribution >= 0.6 is 0 Å². The summed E-state index contributed by atoms with van der Waals surface area (Å²) in [7, 11) is 1.74. The number of ketones is 1. The van der Waals surface area contributed by atoms with Crippen molar-refractivity contribution in [2.75, 3.05) is 11.9 Å². The Morgan fingerprint density at radius 3 is 2.61 bits per heavy atom. The number of benzene rings is 2. The van der Waals surface area contributed by atoms with Gasteiger partial charge in [-0.25, -0.2) is 4.98 Å². The quantitative estimate of drug-likeness (QED) is 0.705. The van der Waals surface area contributed by atoms with Crippen LogP contribution in [0, 0.1) is 0 Å². The highest BCUT2D eigenvalue weighted by atomic mass is 16.1. The number of Topliss-reactive ketones (excluding diaryl/α,β-unsaturated/α-hetero) is 1. The summed E-state index contributed by atoms with van der Waals surface area (Å²) in [6.45, 7) is 0.186. The molecule has 0 aliphatic rings. The number of hydrogen-bond acceptors (Lipinski definition) is 4. The summed E-state index contributed by atoms with van der Waals surface area (Å²) in [4.78, 5) is 27.6. The standard InChI is InChI=1S/C17H16N4O2/c1-21-14-8-7-12(9-13(14)20-17(21)16(18)23)19-10-15(22)11-5-3-2-4-6-11/h2-9,19H,10H2,1H3,(H2,18,23). The van der Waals surface area contributed by atoms with Crippen molar-refractivity contribution in [3.63, 3.8) is 0 Å². The maximum Gasteiger partial charge on any atom is 0.284 e. The molecule has 3 rings (SSSR count). The van der Waals surface area contributed by atoms with Gasteiger partial charge in [0.05, 0.1) is 17.6 Å². The number of carbonyl (C=O) groups excluding carboxylic acids is 2. The second kappa shape index (κ2) is 5.92. The number of nitrogens with one attached hydrogen (secondary N) is 1. The highest BCUT2D eigenvalue weighted by Crippen LogP contribution is 2.19. The zero-order chi connectivity index (χ0) is 16.4. The molecule has 0 bridgehead atoms. The minimum absolute atomic E-state index is 0.00421. The molecule has 0 unspecified atom stereocenters. The number of amides is 1. The van der Waals surface area contributed by atoms with Crippen LogP contribution in [-0.2, 0) is 7.05 Å². The van der Waals surface area contributed by atoms with E-state index in [0.717, 1.165) is 11.2 Å². The van der Waals surface area contributed by atoms with Gasteiger partial charge in [0.1, 0.15) is 0 Å². The topological polar surface area (TPSA) is 90.0 Å². The first-order chi connectivity index (χ1) is 11.1. The maximum absolute atomic E-state index is 12.1.